The lowest BCUT2D eigenvalue weighted by Crippen LogP contribution is -2.10. The Morgan fingerprint density at radius 3 is 2.33 bits per heavy atom. The molecular formula is C9H17BrO2. The Morgan fingerprint density at radius 2 is 2.25 bits per heavy atom. The van der Waals surface area contributed by atoms with E-state index < -0.39 is 0 Å². The second-order valence-electron chi connectivity index (χ2n) is 2.83. The zero-order valence-corrected chi connectivity index (χ0v) is 9.18. The fourth-order valence-corrected chi connectivity index (χ4v) is 1.65. The average molecular weight is 237 g/mol. The maximum Gasteiger partial charge on any atom is 0.293 e. The summed E-state index contributed by atoms with van der Waals surface area (Å²) in [6.07, 6.45) is 5.87. The van der Waals surface area contributed by atoms with E-state index >= 15 is 0 Å². The van der Waals surface area contributed by atoms with Gasteiger partial charge in [0.25, 0.3) is 6.47 Å². The molecule has 1 aliphatic rings. The first-order valence-electron chi connectivity index (χ1n) is 4.46. The van der Waals surface area contributed by atoms with Crippen LogP contribution >= 0.6 is 15.9 Å². The van der Waals surface area contributed by atoms with Crippen molar-refractivity contribution in [3.05, 3.63) is 0 Å². The van der Waals surface area contributed by atoms with Crippen LogP contribution in [0.4, 0.5) is 0 Å². The highest BCUT2D eigenvalue weighted by Crippen LogP contribution is 2.29. The lowest BCUT2D eigenvalue weighted by Gasteiger charge is -2.23. The van der Waals surface area contributed by atoms with Gasteiger partial charge in [-0.1, -0.05) is 35.2 Å². The third-order valence-corrected chi connectivity index (χ3v) is 2.43. The van der Waals surface area contributed by atoms with E-state index in [9.17, 15) is 4.79 Å². The van der Waals surface area contributed by atoms with Crippen molar-refractivity contribution in [3.63, 3.8) is 0 Å². The van der Waals surface area contributed by atoms with Crippen LogP contribution in [0, 0.1) is 5.92 Å². The summed E-state index contributed by atoms with van der Waals surface area (Å²) in [5, 5.41) is 1.21. The van der Waals surface area contributed by atoms with Crippen molar-refractivity contribution >= 4 is 22.4 Å². The molecular weight excluding hydrogens is 220 g/mol. The first-order valence-corrected chi connectivity index (χ1v) is 5.58. The van der Waals surface area contributed by atoms with Crippen LogP contribution in [-0.4, -0.2) is 18.4 Å². The molecule has 72 valence electrons. The SMILES string of the molecule is BrCCC1CCC1.CCOC=O. The third kappa shape index (κ3) is 6.65. The summed E-state index contributed by atoms with van der Waals surface area (Å²) in [5.74, 6) is 1.08. The molecule has 1 rings (SSSR count). The summed E-state index contributed by atoms with van der Waals surface area (Å²) >= 11 is 3.42. The van der Waals surface area contributed by atoms with Gasteiger partial charge in [0.15, 0.2) is 0 Å². The van der Waals surface area contributed by atoms with Crippen LogP contribution in [-0.2, 0) is 9.53 Å². The predicted octanol–water partition coefficient (Wildman–Crippen LogP) is 2.75. The molecule has 0 amide bonds. The second-order valence-corrected chi connectivity index (χ2v) is 3.62. The lowest BCUT2D eigenvalue weighted by molar-refractivity contribution is -0.128. The van der Waals surface area contributed by atoms with E-state index in [1.807, 2.05) is 0 Å². The first-order chi connectivity index (χ1) is 5.85. The normalized spacial score (nSPS) is 15.5. The highest BCUT2D eigenvalue weighted by atomic mass is 79.9. The Labute approximate surface area is 82.8 Å². The molecule has 0 atom stereocenters. The summed E-state index contributed by atoms with van der Waals surface area (Å²) in [5.41, 5.74) is 0. The summed E-state index contributed by atoms with van der Waals surface area (Å²) in [7, 11) is 0. The summed E-state index contributed by atoms with van der Waals surface area (Å²) in [6.45, 7) is 2.66. The Morgan fingerprint density at radius 1 is 1.58 bits per heavy atom. The van der Waals surface area contributed by atoms with Crippen LogP contribution in [0.1, 0.15) is 32.6 Å². The number of alkyl halides is 1. The van der Waals surface area contributed by atoms with Gasteiger partial charge in [0.2, 0.25) is 0 Å². The Bertz CT molecular complexity index is 103. The van der Waals surface area contributed by atoms with Crippen LogP contribution in [0.2, 0.25) is 0 Å². The summed E-state index contributed by atoms with van der Waals surface area (Å²) in [4.78, 5) is 9.18. The van der Waals surface area contributed by atoms with Crippen LogP contribution in [0.3, 0.4) is 0 Å². The van der Waals surface area contributed by atoms with E-state index in [1.54, 1.807) is 6.92 Å². The number of hydrogen-bond donors (Lipinski definition) is 0. The Balaban J connectivity index is 0.000000217. The molecule has 0 aromatic heterocycles. The molecule has 12 heavy (non-hydrogen) atoms. The smallest absolute Gasteiger partial charge is 0.293 e. The van der Waals surface area contributed by atoms with Crippen molar-refractivity contribution in [2.24, 2.45) is 5.92 Å². The number of rotatable bonds is 4. The quantitative estimate of drug-likeness (QED) is 0.555. The van der Waals surface area contributed by atoms with Gasteiger partial charge in [-0.15, -0.1) is 0 Å². The van der Waals surface area contributed by atoms with Crippen molar-refractivity contribution in [1.82, 2.24) is 0 Å². The molecule has 0 radical (unpaired) electrons. The van der Waals surface area contributed by atoms with Gasteiger partial charge >= 0.3 is 0 Å². The molecule has 0 saturated heterocycles. The highest BCUT2D eigenvalue weighted by Gasteiger charge is 2.15. The fraction of sp³-hybridized carbons (Fsp3) is 0.889. The molecule has 0 aromatic rings. The van der Waals surface area contributed by atoms with E-state index in [0.29, 0.717) is 13.1 Å². The molecule has 0 aromatic carbocycles. The minimum absolute atomic E-state index is 0.431. The van der Waals surface area contributed by atoms with Gasteiger partial charge in [-0.25, -0.2) is 0 Å². The molecule has 3 heteroatoms. The first kappa shape index (κ1) is 11.9. The standard InChI is InChI=1S/C6H11Br.C3H6O2/c7-5-4-6-2-1-3-6;1-2-5-3-4/h6H,1-5H2;3H,2H2,1H3. The molecule has 0 spiro atoms. The van der Waals surface area contributed by atoms with Gasteiger partial charge in [-0.05, 0) is 19.3 Å². The lowest BCUT2D eigenvalue weighted by atomic mass is 9.84. The maximum atomic E-state index is 9.18. The maximum absolute atomic E-state index is 9.18. The van der Waals surface area contributed by atoms with E-state index in [-0.39, 0.29) is 0 Å². The predicted molar refractivity (Wildman–Crippen MR) is 53.4 cm³/mol. The number of carbonyl (C=O) groups is 1. The zero-order chi connectivity index (χ0) is 9.23. The van der Waals surface area contributed by atoms with Gasteiger partial charge in [0.1, 0.15) is 0 Å². The second kappa shape index (κ2) is 9.04. The van der Waals surface area contributed by atoms with Crippen molar-refractivity contribution in [2.45, 2.75) is 32.6 Å². The molecule has 0 unspecified atom stereocenters. The number of carbonyl (C=O) groups excluding carboxylic acids is 1. The molecule has 0 heterocycles. The van der Waals surface area contributed by atoms with Crippen LogP contribution in [0.5, 0.6) is 0 Å². The molecule has 0 N–H and O–H groups in total. The molecule has 1 saturated carbocycles. The van der Waals surface area contributed by atoms with Crippen LogP contribution in [0.25, 0.3) is 0 Å². The summed E-state index contributed by atoms with van der Waals surface area (Å²) < 4.78 is 4.15. The van der Waals surface area contributed by atoms with Crippen LogP contribution in [0.15, 0.2) is 0 Å². The molecule has 2 nitrogen and oxygen atoms in total. The fourth-order valence-electron chi connectivity index (χ4n) is 1.00. The van der Waals surface area contributed by atoms with Gasteiger partial charge in [0, 0.05) is 5.33 Å². The van der Waals surface area contributed by atoms with E-state index in [4.69, 9.17) is 0 Å². The summed E-state index contributed by atoms with van der Waals surface area (Å²) in [6, 6.07) is 0. The van der Waals surface area contributed by atoms with Crippen molar-refractivity contribution < 1.29 is 9.53 Å². The average Bonchev–Trinajstić information content (AvgIpc) is 2.00. The minimum Gasteiger partial charge on any atom is -0.468 e. The Hall–Kier alpha value is -0.0500. The van der Waals surface area contributed by atoms with E-state index in [0.717, 1.165) is 5.92 Å². The molecule has 0 bridgehead atoms. The number of ether oxygens (including phenoxy) is 1. The zero-order valence-electron chi connectivity index (χ0n) is 7.59. The van der Waals surface area contributed by atoms with Gasteiger partial charge < -0.3 is 4.74 Å². The molecule has 1 aliphatic carbocycles. The van der Waals surface area contributed by atoms with Crippen molar-refractivity contribution in [1.29, 1.82) is 0 Å². The Kier molecular flexibility index (Phi) is 9.00. The van der Waals surface area contributed by atoms with Gasteiger partial charge in [-0.3, -0.25) is 4.79 Å². The highest BCUT2D eigenvalue weighted by molar-refractivity contribution is 9.09. The van der Waals surface area contributed by atoms with Gasteiger partial charge in [-0.2, -0.15) is 0 Å². The molecule has 1 fully saturated rings. The topological polar surface area (TPSA) is 26.3 Å². The number of halogens is 1. The van der Waals surface area contributed by atoms with E-state index in [1.165, 1.54) is 31.0 Å². The van der Waals surface area contributed by atoms with Crippen molar-refractivity contribution in [2.75, 3.05) is 11.9 Å². The minimum atomic E-state index is 0.431. The number of hydrogen-bond acceptors (Lipinski definition) is 2. The monoisotopic (exact) mass is 236 g/mol. The largest absolute Gasteiger partial charge is 0.468 e. The van der Waals surface area contributed by atoms with E-state index in [2.05, 4.69) is 20.7 Å². The third-order valence-electron chi connectivity index (χ3n) is 1.98. The van der Waals surface area contributed by atoms with Gasteiger partial charge in [0.05, 0.1) is 6.61 Å². The molecule has 0 aliphatic heterocycles. The van der Waals surface area contributed by atoms with Crippen LogP contribution < -0.4 is 0 Å². The van der Waals surface area contributed by atoms with Crippen molar-refractivity contribution in [3.8, 4) is 0 Å².